The molecule has 0 amide bonds. The first-order chi connectivity index (χ1) is 6.84. The Morgan fingerprint density at radius 1 is 1.33 bits per heavy atom. The van der Waals surface area contributed by atoms with Gasteiger partial charge in [-0.1, -0.05) is 0 Å². The number of alkyl halides is 3. The lowest BCUT2D eigenvalue weighted by atomic mass is 9.80. The van der Waals surface area contributed by atoms with Gasteiger partial charge in [-0.2, -0.15) is 13.2 Å². The van der Waals surface area contributed by atoms with E-state index in [1.165, 1.54) is 0 Å². The Balaban J connectivity index is 3.29. The second kappa shape index (κ2) is 3.99. The van der Waals surface area contributed by atoms with Gasteiger partial charge < -0.3 is 10.0 Å². The number of pyridine rings is 1. The first kappa shape index (κ1) is 11.7. The van der Waals surface area contributed by atoms with Crippen LogP contribution in [0.25, 0.3) is 0 Å². The zero-order chi connectivity index (χ0) is 11.6. The van der Waals surface area contributed by atoms with E-state index in [0.717, 1.165) is 6.07 Å². The highest BCUT2D eigenvalue weighted by Crippen LogP contribution is 2.26. The number of carbonyl (C=O) groups is 1. The van der Waals surface area contributed by atoms with Crippen molar-refractivity contribution >= 4 is 18.9 Å². The predicted octanol–water partition coefficient (Wildman–Crippen LogP) is -0.407. The second-order valence-electron chi connectivity index (χ2n) is 2.70. The maximum atomic E-state index is 12.2. The summed E-state index contributed by atoms with van der Waals surface area (Å²) in [6.07, 6.45) is -4.64. The van der Waals surface area contributed by atoms with Crippen LogP contribution in [0.15, 0.2) is 12.1 Å². The van der Waals surface area contributed by atoms with E-state index < -0.39 is 30.1 Å². The van der Waals surface area contributed by atoms with E-state index in [4.69, 9.17) is 10.0 Å². The minimum absolute atomic E-state index is 0.0983. The van der Waals surface area contributed by atoms with E-state index in [-0.39, 0.29) is 6.29 Å². The van der Waals surface area contributed by atoms with Crippen LogP contribution >= 0.6 is 0 Å². The van der Waals surface area contributed by atoms with Crippen LogP contribution in [-0.2, 0) is 6.18 Å². The fourth-order valence-electron chi connectivity index (χ4n) is 0.929. The average Bonchev–Trinajstić information content (AvgIpc) is 2.15. The van der Waals surface area contributed by atoms with Crippen molar-refractivity contribution in [3.8, 4) is 0 Å². The van der Waals surface area contributed by atoms with E-state index in [2.05, 4.69) is 4.98 Å². The van der Waals surface area contributed by atoms with E-state index in [1.807, 2.05) is 0 Å². The molecule has 0 aromatic carbocycles. The molecule has 0 bridgehead atoms. The standard InChI is InChI=1S/C7H5BF3NO3/c9-7(10,11)6-2-4(8(14)15)1-5(3-13)12-6/h1-3,14-15H. The highest BCUT2D eigenvalue weighted by molar-refractivity contribution is 6.58. The molecule has 15 heavy (non-hydrogen) atoms. The zero-order valence-corrected chi connectivity index (χ0v) is 7.19. The molecule has 1 aromatic heterocycles. The highest BCUT2D eigenvalue weighted by atomic mass is 19.4. The Hall–Kier alpha value is -1.41. The van der Waals surface area contributed by atoms with Crippen molar-refractivity contribution in [1.82, 2.24) is 4.98 Å². The van der Waals surface area contributed by atoms with Crippen molar-refractivity contribution < 1.29 is 28.0 Å². The van der Waals surface area contributed by atoms with Gasteiger partial charge in [-0.05, 0) is 17.6 Å². The maximum Gasteiger partial charge on any atom is 0.488 e. The third kappa shape index (κ3) is 2.77. The van der Waals surface area contributed by atoms with E-state index in [0.29, 0.717) is 6.07 Å². The van der Waals surface area contributed by atoms with Gasteiger partial charge in [0.15, 0.2) is 6.29 Å². The Bertz CT molecular complexity index is 380. The normalized spacial score (nSPS) is 11.3. The van der Waals surface area contributed by atoms with E-state index >= 15 is 0 Å². The van der Waals surface area contributed by atoms with Gasteiger partial charge in [0, 0.05) is 0 Å². The summed E-state index contributed by atoms with van der Waals surface area (Å²) in [6, 6.07) is 1.34. The molecule has 1 heterocycles. The summed E-state index contributed by atoms with van der Waals surface area (Å²) in [4.78, 5) is 13.3. The van der Waals surface area contributed by atoms with Gasteiger partial charge in [0.2, 0.25) is 0 Å². The minimum Gasteiger partial charge on any atom is -0.423 e. The van der Waals surface area contributed by atoms with Crippen molar-refractivity contribution in [2.75, 3.05) is 0 Å². The molecule has 8 heteroatoms. The van der Waals surface area contributed by atoms with Crippen molar-refractivity contribution in [2.24, 2.45) is 0 Å². The molecule has 0 unspecified atom stereocenters. The lowest BCUT2D eigenvalue weighted by molar-refractivity contribution is -0.141. The molecule has 0 radical (unpaired) electrons. The largest absolute Gasteiger partial charge is 0.488 e. The molecule has 1 aromatic rings. The number of aldehydes is 1. The Morgan fingerprint density at radius 2 is 1.93 bits per heavy atom. The van der Waals surface area contributed by atoms with Gasteiger partial charge in [-0.15, -0.1) is 0 Å². The quantitative estimate of drug-likeness (QED) is 0.524. The van der Waals surface area contributed by atoms with E-state index in [9.17, 15) is 18.0 Å². The molecule has 0 saturated heterocycles. The van der Waals surface area contributed by atoms with Crippen LogP contribution in [0.2, 0.25) is 0 Å². The molecule has 0 spiro atoms. The molecule has 0 saturated carbocycles. The van der Waals surface area contributed by atoms with Gasteiger partial charge >= 0.3 is 13.3 Å². The molecule has 80 valence electrons. The monoisotopic (exact) mass is 219 g/mol. The summed E-state index contributed by atoms with van der Waals surface area (Å²) in [5, 5.41) is 17.4. The Kier molecular flexibility index (Phi) is 3.11. The minimum atomic E-state index is -4.73. The fraction of sp³-hybridized carbons (Fsp3) is 0.143. The summed E-state index contributed by atoms with van der Waals surface area (Å²) in [5.41, 5.74) is -2.28. The number of nitrogens with zero attached hydrogens (tertiary/aromatic N) is 1. The average molecular weight is 219 g/mol. The fourth-order valence-corrected chi connectivity index (χ4v) is 0.929. The third-order valence-electron chi connectivity index (χ3n) is 1.58. The topological polar surface area (TPSA) is 70.4 Å². The number of aromatic nitrogens is 1. The molecule has 2 N–H and O–H groups in total. The molecular weight excluding hydrogens is 214 g/mol. The van der Waals surface area contributed by atoms with Gasteiger partial charge in [-0.3, -0.25) is 4.79 Å². The summed E-state index contributed by atoms with van der Waals surface area (Å²) in [6.45, 7) is 0. The summed E-state index contributed by atoms with van der Waals surface area (Å²) in [7, 11) is -2.08. The van der Waals surface area contributed by atoms with Crippen molar-refractivity contribution in [3.63, 3.8) is 0 Å². The first-order valence-corrected chi connectivity index (χ1v) is 3.75. The lowest BCUT2D eigenvalue weighted by Gasteiger charge is -2.08. The molecule has 1 rings (SSSR count). The molecule has 4 nitrogen and oxygen atoms in total. The molecule has 0 atom stereocenters. The zero-order valence-electron chi connectivity index (χ0n) is 7.19. The number of halogens is 3. The number of carbonyl (C=O) groups excluding carboxylic acids is 1. The predicted molar refractivity (Wildman–Crippen MR) is 44.5 cm³/mol. The molecule has 0 aliphatic rings. The lowest BCUT2D eigenvalue weighted by Crippen LogP contribution is -2.32. The smallest absolute Gasteiger partial charge is 0.423 e. The van der Waals surface area contributed by atoms with Crippen LogP contribution in [0.3, 0.4) is 0 Å². The van der Waals surface area contributed by atoms with Gasteiger partial charge in [-0.25, -0.2) is 4.98 Å². The Morgan fingerprint density at radius 3 is 2.33 bits per heavy atom. The van der Waals surface area contributed by atoms with Crippen LogP contribution in [0.5, 0.6) is 0 Å². The molecule has 0 aliphatic heterocycles. The summed E-state index contributed by atoms with van der Waals surface area (Å²) in [5.74, 6) is 0. The van der Waals surface area contributed by atoms with Crippen LogP contribution in [0.4, 0.5) is 13.2 Å². The van der Waals surface area contributed by atoms with Crippen molar-refractivity contribution in [3.05, 3.63) is 23.5 Å². The molecular formula is C7H5BF3NO3. The summed E-state index contributed by atoms with van der Waals surface area (Å²) >= 11 is 0. The number of hydrogen-bond acceptors (Lipinski definition) is 4. The van der Waals surface area contributed by atoms with Gasteiger partial charge in [0.25, 0.3) is 0 Å². The first-order valence-electron chi connectivity index (χ1n) is 3.75. The van der Waals surface area contributed by atoms with Gasteiger partial charge in [0.1, 0.15) is 11.4 Å². The van der Waals surface area contributed by atoms with Crippen LogP contribution in [-0.4, -0.2) is 28.4 Å². The third-order valence-corrected chi connectivity index (χ3v) is 1.58. The second-order valence-corrected chi connectivity index (χ2v) is 2.70. The van der Waals surface area contributed by atoms with Crippen molar-refractivity contribution in [2.45, 2.75) is 6.18 Å². The molecule has 0 aliphatic carbocycles. The van der Waals surface area contributed by atoms with Crippen LogP contribution < -0.4 is 5.46 Å². The maximum absolute atomic E-state index is 12.2. The molecule has 0 fully saturated rings. The highest BCUT2D eigenvalue weighted by Gasteiger charge is 2.34. The van der Waals surface area contributed by atoms with E-state index in [1.54, 1.807) is 0 Å². The van der Waals surface area contributed by atoms with Crippen LogP contribution in [0, 0.1) is 0 Å². The number of hydrogen-bond donors (Lipinski definition) is 2. The van der Waals surface area contributed by atoms with Crippen LogP contribution in [0.1, 0.15) is 16.2 Å². The van der Waals surface area contributed by atoms with Crippen molar-refractivity contribution in [1.29, 1.82) is 0 Å². The number of rotatable bonds is 2. The van der Waals surface area contributed by atoms with Gasteiger partial charge in [0.05, 0.1) is 0 Å². The SMILES string of the molecule is O=Cc1cc(B(O)O)cc(C(F)(F)F)n1. The Labute approximate surface area is 82.5 Å². The summed E-state index contributed by atoms with van der Waals surface area (Å²) < 4.78 is 36.6.